The predicted molar refractivity (Wildman–Crippen MR) is 167 cm³/mol. The molecule has 1 aliphatic heterocycles. The van der Waals surface area contributed by atoms with Gasteiger partial charge in [0.25, 0.3) is 5.56 Å². The molecule has 0 N–H and O–H groups in total. The second kappa shape index (κ2) is 13.6. The van der Waals surface area contributed by atoms with Crippen LogP contribution in [0, 0.1) is 0 Å². The van der Waals surface area contributed by atoms with Crippen LogP contribution in [-0.4, -0.2) is 37.3 Å². The normalized spacial score (nSPS) is 14.5. The van der Waals surface area contributed by atoms with Crippen molar-refractivity contribution in [1.82, 2.24) is 4.57 Å². The number of nitrogens with zero attached hydrogens (tertiary/aromatic N) is 2. The van der Waals surface area contributed by atoms with E-state index < -0.39 is 12.0 Å². The molecule has 1 aromatic heterocycles. The van der Waals surface area contributed by atoms with Crippen LogP contribution >= 0.6 is 11.3 Å². The Kier molecular flexibility index (Phi) is 9.40. The van der Waals surface area contributed by atoms with E-state index >= 15 is 0 Å². The van der Waals surface area contributed by atoms with Crippen LogP contribution in [0.3, 0.4) is 0 Å². The van der Waals surface area contributed by atoms with Crippen LogP contribution < -0.4 is 24.4 Å². The maximum Gasteiger partial charge on any atom is 0.338 e. The number of ether oxygens (including phenoxy) is 4. The van der Waals surface area contributed by atoms with Crippen molar-refractivity contribution in [2.24, 2.45) is 4.99 Å². The van der Waals surface area contributed by atoms with E-state index in [4.69, 9.17) is 23.9 Å². The molecule has 10 heteroatoms. The summed E-state index contributed by atoms with van der Waals surface area (Å²) in [6.07, 6.45) is 2.28. The predicted octanol–water partition coefficient (Wildman–Crippen LogP) is 4.56. The first kappa shape index (κ1) is 30.5. The van der Waals surface area contributed by atoms with Gasteiger partial charge in [-0.25, -0.2) is 14.6 Å². The van der Waals surface area contributed by atoms with Gasteiger partial charge < -0.3 is 18.9 Å². The van der Waals surface area contributed by atoms with Gasteiger partial charge in [0.05, 0.1) is 48.2 Å². The van der Waals surface area contributed by atoms with Gasteiger partial charge in [-0.2, -0.15) is 0 Å². The van der Waals surface area contributed by atoms with Gasteiger partial charge in [-0.1, -0.05) is 66.8 Å². The highest BCUT2D eigenvalue weighted by Gasteiger charge is 2.33. The van der Waals surface area contributed by atoms with Crippen molar-refractivity contribution in [1.29, 1.82) is 0 Å². The van der Waals surface area contributed by atoms with E-state index in [0.717, 1.165) is 16.7 Å². The number of carbonyl (C=O) groups excluding carboxylic acids is 2. The van der Waals surface area contributed by atoms with Crippen molar-refractivity contribution in [3.05, 3.63) is 126 Å². The third-order valence-corrected chi connectivity index (χ3v) is 8.09. The summed E-state index contributed by atoms with van der Waals surface area (Å²) in [5.41, 5.74) is 3.57. The summed E-state index contributed by atoms with van der Waals surface area (Å²) in [5, 5.41) is 0. The second-order valence-corrected chi connectivity index (χ2v) is 10.8. The highest BCUT2D eigenvalue weighted by atomic mass is 32.1. The van der Waals surface area contributed by atoms with Gasteiger partial charge in [0.1, 0.15) is 6.61 Å². The summed E-state index contributed by atoms with van der Waals surface area (Å²) in [7, 11) is 2.88. The molecule has 1 aliphatic rings. The molecule has 0 unspecified atom stereocenters. The Balaban J connectivity index is 1.46. The van der Waals surface area contributed by atoms with Crippen LogP contribution in [0.15, 0.2) is 93.9 Å². The number of aromatic nitrogens is 1. The number of fused-ring (bicyclic) bond motifs is 1. The molecule has 0 amide bonds. The molecule has 4 aromatic rings. The fourth-order valence-corrected chi connectivity index (χ4v) is 5.99. The fourth-order valence-electron chi connectivity index (χ4n) is 4.97. The van der Waals surface area contributed by atoms with E-state index in [0.29, 0.717) is 50.7 Å². The highest BCUT2D eigenvalue weighted by molar-refractivity contribution is 7.07. The molecule has 9 nitrogen and oxygen atoms in total. The Labute approximate surface area is 258 Å². The molecule has 0 aliphatic carbocycles. The summed E-state index contributed by atoms with van der Waals surface area (Å²) in [5.74, 6) is 0.150. The first-order valence-electron chi connectivity index (χ1n) is 14.1. The molecule has 0 bridgehead atoms. The summed E-state index contributed by atoms with van der Waals surface area (Å²) in [4.78, 5) is 43.9. The third kappa shape index (κ3) is 6.21. The number of esters is 2. The molecule has 226 valence electrons. The van der Waals surface area contributed by atoms with Crippen molar-refractivity contribution >= 4 is 29.4 Å². The van der Waals surface area contributed by atoms with Crippen molar-refractivity contribution in [3.63, 3.8) is 0 Å². The molecule has 1 atom stereocenters. The van der Waals surface area contributed by atoms with Gasteiger partial charge in [0.2, 0.25) is 0 Å². The van der Waals surface area contributed by atoms with E-state index in [9.17, 15) is 14.4 Å². The number of carbonyl (C=O) groups is 2. The van der Waals surface area contributed by atoms with E-state index in [-0.39, 0.29) is 18.1 Å². The first-order chi connectivity index (χ1) is 21.4. The minimum Gasteiger partial charge on any atom is -0.493 e. The van der Waals surface area contributed by atoms with Crippen LogP contribution in [0.25, 0.3) is 6.08 Å². The van der Waals surface area contributed by atoms with Crippen LogP contribution in [0.1, 0.15) is 53.4 Å². The molecule has 0 saturated heterocycles. The largest absolute Gasteiger partial charge is 0.493 e. The minimum absolute atomic E-state index is 0.260. The van der Waals surface area contributed by atoms with Gasteiger partial charge in [-0.3, -0.25) is 9.36 Å². The van der Waals surface area contributed by atoms with Gasteiger partial charge in [0, 0.05) is 0 Å². The summed E-state index contributed by atoms with van der Waals surface area (Å²) in [6, 6.07) is 21.2. The third-order valence-electron chi connectivity index (χ3n) is 7.11. The average Bonchev–Trinajstić information content (AvgIpc) is 3.37. The Morgan fingerprint density at radius 3 is 2.36 bits per heavy atom. The molecule has 0 saturated carbocycles. The molecule has 0 spiro atoms. The number of thiazole rings is 1. The lowest BCUT2D eigenvalue weighted by atomic mass is 9.95. The van der Waals surface area contributed by atoms with Crippen molar-refractivity contribution in [2.75, 3.05) is 20.8 Å². The lowest BCUT2D eigenvalue weighted by Gasteiger charge is -2.25. The lowest BCUT2D eigenvalue weighted by Crippen LogP contribution is -2.40. The Morgan fingerprint density at radius 1 is 0.955 bits per heavy atom. The topological polar surface area (TPSA) is 105 Å². The molecule has 3 aromatic carbocycles. The molecule has 0 fully saturated rings. The van der Waals surface area contributed by atoms with Crippen LogP contribution in [0.5, 0.6) is 11.5 Å². The van der Waals surface area contributed by atoms with Gasteiger partial charge >= 0.3 is 11.9 Å². The van der Waals surface area contributed by atoms with E-state index in [2.05, 4.69) is 0 Å². The van der Waals surface area contributed by atoms with Crippen LogP contribution in [-0.2, 0) is 20.9 Å². The van der Waals surface area contributed by atoms with Gasteiger partial charge in [-0.15, -0.1) is 0 Å². The van der Waals surface area contributed by atoms with Crippen LogP contribution in [0.4, 0.5) is 0 Å². The highest BCUT2D eigenvalue weighted by Crippen LogP contribution is 2.32. The first-order valence-corrected chi connectivity index (χ1v) is 14.9. The van der Waals surface area contributed by atoms with E-state index in [1.807, 2.05) is 55.5 Å². The van der Waals surface area contributed by atoms with Crippen molar-refractivity contribution in [3.8, 4) is 11.5 Å². The number of hydrogen-bond acceptors (Lipinski definition) is 9. The standard InChI is InChI=1S/C34H32N2O7S/c1-5-25-29(33(39)41-4)30(23-10-8-7-9-11-23)36-31(37)28(44-34(36)35-25)19-22-14-17-26(27(18-22)40-3)43-20-21-12-15-24(16-13-21)32(38)42-6-2/h7-19,30H,5-6,20H2,1-4H3/b28-19+/t30-/m0/s1. The molecule has 5 rings (SSSR count). The fraction of sp³-hybridized carbons (Fsp3) is 0.235. The molecular formula is C34H32N2O7S. The summed E-state index contributed by atoms with van der Waals surface area (Å²) >= 11 is 1.26. The van der Waals surface area contributed by atoms with Crippen molar-refractivity contribution in [2.45, 2.75) is 32.9 Å². The summed E-state index contributed by atoms with van der Waals surface area (Å²) in [6.45, 7) is 4.27. The summed E-state index contributed by atoms with van der Waals surface area (Å²) < 4.78 is 23.8. The zero-order chi connectivity index (χ0) is 31.2. The monoisotopic (exact) mass is 612 g/mol. The SMILES string of the molecule is CCOC(=O)c1ccc(COc2ccc(/C=c3/sc4n(c3=O)[C@@H](c3ccccc3)C(C(=O)OC)=C(CC)N=4)cc2OC)cc1. The van der Waals surface area contributed by atoms with Gasteiger partial charge in [-0.05, 0) is 60.4 Å². The number of allylic oxidation sites excluding steroid dienone is 1. The number of rotatable bonds is 10. The lowest BCUT2D eigenvalue weighted by molar-refractivity contribution is -0.136. The number of benzene rings is 3. The van der Waals surface area contributed by atoms with E-state index in [1.165, 1.54) is 18.4 Å². The maximum atomic E-state index is 13.9. The Hall–Kier alpha value is -4.96. The number of methoxy groups -OCH3 is 2. The van der Waals surface area contributed by atoms with Crippen LogP contribution in [0.2, 0.25) is 0 Å². The Bertz CT molecular complexity index is 1890. The van der Waals surface area contributed by atoms with E-state index in [1.54, 1.807) is 48.9 Å². The van der Waals surface area contributed by atoms with Gasteiger partial charge in [0.15, 0.2) is 16.3 Å². The zero-order valence-electron chi connectivity index (χ0n) is 24.9. The smallest absolute Gasteiger partial charge is 0.338 e. The number of hydrogen-bond donors (Lipinski definition) is 0. The minimum atomic E-state index is -0.659. The maximum absolute atomic E-state index is 13.9. The molecular weight excluding hydrogens is 580 g/mol. The second-order valence-electron chi connectivity index (χ2n) is 9.82. The molecule has 0 radical (unpaired) electrons. The average molecular weight is 613 g/mol. The van der Waals surface area contributed by atoms with Crippen molar-refractivity contribution < 1.29 is 28.5 Å². The molecule has 44 heavy (non-hydrogen) atoms. The zero-order valence-corrected chi connectivity index (χ0v) is 25.7. The Morgan fingerprint density at radius 2 is 1.70 bits per heavy atom. The molecule has 2 heterocycles. The quantitative estimate of drug-likeness (QED) is 0.242.